The number of nitrogens with zero attached hydrogens (tertiary/aromatic N) is 4. The number of hydrogen-bond donors (Lipinski definition) is 1. The van der Waals surface area contributed by atoms with E-state index >= 15 is 0 Å². The average Bonchev–Trinajstić information content (AvgIpc) is 3.06. The van der Waals surface area contributed by atoms with Crippen LogP contribution in [-0.4, -0.2) is 39.2 Å². The predicted octanol–water partition coefficient (Wildman–Crippen LogP) is 2.95. The predicted molar refractivity (Wildman–Crippen MR) is 85.1 cm³/mol. The van der Waals surface area contributed by atoms with Crippen molar-refractivity contribution in [3.05, 3.63) is 36.2 Å². The first kappa shape index (κ1) is 14.7. The van der Waals surface area contributed by atoms with Crippen molar-refractivity contribution in [1.82, 2.24) is 20.1 Å². The summed E-state index contributed by atoms with van der Waals surface area (Å²) in [5.41, 5.74) is 1.05. The number of H-pyrrole nitrogens is 1. The molecule has 1 aromatic carbocycles. The van der Waals surface area contributed by atoms with Gasteiger partial charge in [0.1, 0.15) is 5.82 Å². The molecule has 3 rings (SSSR count). The third kappa shape index (κ3) is 3.18. The summed E-state index contributed by atoms with van der Waals surface area (Å²) in [5.74, 6) is 2.21. The Balaban J connectivity index is 1.63. The smallest absolute Gasteiger partial charge is 0.181 e. The first-order chi connectivity index (χ1) is 10.8. The lowest BCUT2D eigenvalue weighted by Crippen LogP contribution is -2.39. The van der Waals surface area contributed by atoms with Gasteiger partial charge in [-0.2, -0.15) is 10.4 Å². The average molecular weight is 295 g/mol. The van der Waals surface area contributed by atoms with E-state index in [2.05, 4.69) is 33.1 Å². The zero-order valence-corrected chi connectivity index (χ0v) is 12.9. The molecule has 1 aromatic heterocycles. The molecule has 1 aliphatic rings. The van der Waals surface area contributed by atoms with Gasteiger partial charge in [-0.25, -0.2) is 4.98 Å². The van der Waals surface area contributed by atoms with Gasteiger partial charge >= 0.3 is 0 Å². The molecule has 2 aromatic rings. The van der Waals surface area contributed by atoms with E-state index < -0.39 is 0 Å². The number of benzene rings is 1. The fourth-order valence-corrected chi connectivity index (χ4v) is 3.05. The summed E-state index contributed by atoms with van der Waals surface area (Å²) in [7, 11) is 0. The first-order valence-corrected chi connectivity index (χ1v) is 7.86. The summed E-state index contributed by atoms with van der Waals surface area (Å²) in [6.07, 6.45) is 2.74. The quantitative estimate of drug-likeness (QED) is 0.941. The van der Waals surface area contributed by atoms with Gasteiger partial charge in [0.15, 0.2) is 5.82 Å². The number of aromatic nitrogens is 3. The van der Waals surface area contributed by atoms with E-state index in [-0.39, 0.29) is 0 Å². The zero-order valence-electron chi connectivity index (χ0n) is 12.9. The van der Waals surface area contributed by atoms with E-state index in [1.165, 1.54) is 0 Å². The zero-order chi connectivity index (χ0) is 15.4. The van der Waals surface area contributed by atoms with Crippen LogP contribution in [0.2, 0.25) is 0 Å². The standard InChI is InChI=1S/C17H21N5/c1-13(7-10-18)22-11-8-15(9-12-22)17-19-16(20-21-17)14-5-3-2-4-6-14/h2-6,13,15H,7-9,11-12H2,1H3,(H,19,20,21)/t13-/m1/s1. The largest absolute Gasteiger partial charge is 0.300 e. The van der Waals surface area contributed by atoms with E-state index in [0.717, 1.165) is 43.1 Å². The number of nitrogens with one attached hydrogen (secondary N) is 1. The number of likely N-dealkylation sites (tertiary alicyclic amines) is 1. The number of rotatable bonds is 4. The lowest BCUT2D eigenvalue weighted by atomic mass is 9.95. The van der Waals surface area contributed by atoms with Crippen molar-refractivity contribution in [2.24, 2.45) is 0 Å². The molecule has 0 radical (unpaired) electrons. The second kappa shape index (κ2) is 6.71. The molecule has 5 heteroatoms. The maximum Gasteiger partial charge on any atom is 0.181 e. The van der Waals surface area contributed by atoms with Gasteiger partial charge in [0.2, 0.25) is 0 Å². The van der Waals surface area contributed by atoms with Gasteiger partial charge in [0.25, 0.3) is 0 Å². The number of nitriles is 1. The minimum Gasteiger partial charge on any atom is -0.300 e. The summed E-state index contributed by atoms with van der Waals surface area (Å²) in [4.78, 5) is 7.07. The molecule has 1 saturated heterocycles. The lowest BCUT2D eigenvalue weighted by Gasteiger charge is -2.34. The highest BCUT2D eigenvalue weighted by Crippen LogP contribution is 2.28. The van der Waals surface area contributed by atoms with Crippen molar-refractivity contribution in [3.63, 3.8) is 0 Å². The Kier molecular flexibility index (Phi) is 4.50. The van der Waals surface area contributed by atoms with Crippen LogP contribution in [0.3, 0.4) is 0 Å². The molecule has 1 atom stereocenters. The van der Waals surface area contributed by atoms with E-state index in [9.17, 15) is 0 Å². The molecule has 1 aliphatic heterocycles. The van der Waals surface area contributed by atoms with Gasteiger partial charge in [-0.05, 0) is 32.9 Å². The van der Waals surface area contributed by atoms with Gasteiger partial charge in [0, 0.05) is 17.5 Å². The maximum absolute atomic E-state index is 8.81. The van der Waals surface area contributed by atoms with Crippen molar-refractivity contribution in [2.45, 2.75) is 38.1 Å². The number of piperidine rings is 1. The minimum atomic E-state index is 0.348. The molecule has 5 nitrogen and oxygen atoms in total. The van der Waals surface area contributed by atoms with Crippen molar-refractivity contribution < 1.29 is 0 Å². The maximum atomic E-state index is 8.81. The summed E-state index contributed by atoms with van der Waals surface area (Å²) in [6, 6.07) is 12.7. The third-order valence-corrected chi connectivity index (χ3v) is 4.46. The van der Waals surface area contributed by atoms with Gasteiger partial charge < -0.3 is 0 Å². The number of hydrogen-bond acceptors (Lipinski definition) is 4. The Labute approximate surface area is 131 Å². The van der Waals surface area contributed by atoms with Crippen molar-refractivity contribution in [3.8, 4) is 17.5 Å². The topological polar surface area (TPSA) is 68.6 Å². The Bertz CT molecular complexity index is 635. The molecule has 1 N–H and O–H groups in total. The van der Waals surface area contributed by atoms with Crippen LogP contribution in [0.1, 0.15) is 37.9 Å². The van der Waals surface area contributed by atoms with Gasteiger partial charge in [-0.1, -0.05) is 30.3 Å². The molecule has 114 valence electrons. The third-order valence-electron chi connectivity index (χ3n) is 4.46. The second-order valence-electron chi connectivity index (χ2n) is 5.93. The molecule has 0 aliphatic carbocycles. The minimum absolute atomic E-state index is 0.348. The van der Waals surface area contributed by atoms with Crippen molar-refractivity contribution >= 4 is 0 Å². The Morgan fingerprint density at radius 2 is 2.05 bits per heavy atom. The Morgan fingerprint density at radius 3 is 2.73 bits per heavy atom. The molecular formula is C17H21N5. The van der Waals surface area contributed by atoms with Crippen LogP contribution in [0.25, 0.3) is 11.4 Å². The normalized spacial score (nSPS) is 18.0. The van der Waals surface area contributed by atoms with Gasteiger partial charge in [-0.15, -0.1) is 0 Å². The highest BCUT2D eigenvalue weighted by molar-refractivity contribution is 5.53. The van der Waals surface area contributed by atoms with E-state index in [1.54, 1.807) is 0 Å². The molecule has 0 bridgehead atoms. The SMILES string of the molecule is C[C@H](CC#N)N1CCC(c2nc(-c3ccccc3)n[nH]2)CC1. The molecule has 0 unspecified atom stereocenters. The van der Waals surface area contributed by atoms with Crippen molar-refractivity contribution in [2.75, 3.05) is 13.1 Å². The molecule has 1 fully saturated rings. The van der Waals surface area contributed by atoms with Crippen LogP contribution in [0.15, 0.2) is 30.3 Å². The fourth-order valence-electron chi connectivity index (χ4n) is 3.05. The molecule has 0 spiro atoms. The van der Waals surface area contributed by atoms with Crippen LogP contribution in [0.5, 0.6) is 0 Å². The van der Waals surface area contributed by atoms with E-state index in [4.69, 9.17) is 5.26 Å². The molecular weight excluding hydrogens is 274 g/mol. The summed E-state index contributed by atoms with van der Waals surface area (Å²) < 4.78 is 0. The van der Waals surface area contributed by atoms with E-state index in [1.807, 2.05) is 30.3 Å². The van der Waals surface area contributed by atoms with Crippen LogP contribution >= 0.6 is 0 Å². The second-order valence-corrected chi connectivity index (χ2v) is 5.93. The molecule has 2 heterocycles. The Morgan fingerprint density at radius 1 is 1.32 bits per heavy atom. The summed E-state index contributed by atoms with van der Waals surface area (Å²) in [6.45, 7) is 4.18. The van der Waals surface area contributed by atoms with E-state index in [0.29, 0.717) is 18.4 Å². The van der Waals surface area contributed by atoms with Crippen molar-refractivity contribution in [1.29, 1.82) is 5.26 Å². The highest BCUT2D eigenvalue weighted by Gasteiger charge is 2.25. The highest BCUT2D eigenvalue weighted by atomic mass is 15.2. The summed E-state index contributed by atoms with van der Waals surface area (Å²) in [5, 5.41) is 16.3. The van der Waals surface area contributed by atoms with Gasteiger partial charge in [-0.3, -0.25) is 10.00 Å². The van der Waals surface area contributed by atoms with Gasteiger partial charge in [0.05, 0.1) is 12.5 Å². The molecule has 22 heavy (non-hydrogen) atoms. The van der Waals surface area contributed by atoms with Crippen LogP contribution < -0.4 is 0 Å². The van der Waals surface area contributed by atoms with Crippen LogP contribution in [0.4, 0.5) is 0 Å². The summed E-state index contributed by atoms with van der Waals surface area (Å²) >= 11 is 0. The molecule has 0 saturated carbocycles. The number of aromatic amines is 1. The monoisotopic (exact) mass is 295 g/mol. The molecule has 0 amide bonds. The van der Waals surface area contributed by atoms with Crippen LogP contribution in [0, 0.1) is 11.3 Å². The Hall–Kier alpha value is -2.19. The fraction of sp³-hybridized carbons (Fsp3) is 0.471. The lowest BCUT2D eigenvalue weighted by molar-refractivity contribution is 0.161. The first-order valence-electron chi connectivity index (χ1n) is 7.86. The van der Waals surface area contributed by atoms with Crippen LogP contribution in [-0.2, 0) is 0 Å².